The number of H-pyrrole nitrogens is 1. The van der Waals surface area contributed by atoms with Crippen LogP contribution in [0.2, 0.25) is 0 Å². The first-order chi connectivity index (χ1) is 8.78. The lowest BCUT2D eigenvalue weighted by atomic mass is 10.1. The van der Waals surface area contributed by atoms with Gasteiger partial charge in [-0.25, -0.2) is 4.98 Å². The predicted molar refractivity (Wildman–Crippen MR) is 70.3 cm³/mol. The van der Waals surface area contributed by atoms with E-state index < -0.39 is 0 Å². The molecule has 1 aliphatic heterocycles. The second-order valence-electron chi connectivity index (χ2n) is 4.71. The van der Waals surface area contributed by atoms with Crippen LogP contribution in [0.25, 0.3) is 11.0 Å². The van der Waals surface area contributed by atoms with Crippen molar-refractivity contribution in [3.05, 3.63) is 30.1 Å². The Bertz CT molecular complexity index is 580. The molecule has 1 atom stereocenters. The third kappa shape index (κ3) is 1.97. The standard InChI is InChI=1S/C13H14ClN3O/c14-6-9-5-12(18)17(7-9)8-10-1-3-15-13-11(10)2-4-16-13/h1-4,9H,5-8H2,(H,15,16). The number of fused-ring (bicyclic) bond motifs is 1. The molecule has 1 fully saturated rings. The van der Waals surface area contributed by atoms with Crippen LogP contribution in [-0.4, -0.2) is 33.2 Å². The van der Waals surface area contributed by atoms with Crippen molar-refractivity contribution in [1.29, 1.82) is 0 Å². The zero-order valence-electron chi connectivity index (χ0n) is 9.90. The number of rotatable bonds is 3. The van der Waals surface area contributed by atoms with Crippen LogP contribution in [0, 0.1) is 5.92 Å². The van der Waals surface area contributed by atoms with E-state index >= 15 is 0 Å². The average Bonchev–Trinajstić information content (AvgIpc) is 2.97. The number of pyridine rings is 1. The maximum atomic E-state index is 11.9. The van der Waals surface area contributed by atoms with E-state index in [0.29, 0.717) is 24.8 Å². The largest absolute Gasteiger partial charge is 0.346 e. The van der Waals surface area contributed by atoms with Crippen LogP contribution >= 0.6 is 11.6 Å². The summed E-state index contributed by atoms with van der Waals surface area (Å²) in [7, 11) is 0. The maximum absolute atomic E-state index is 11.9. The molecule has 1 saturated heterocycles. The highest BCUT2D eigenvalue weighted by Crippen LogP contribution is 2.23. The number of alkyl halides is 1. The van der Waals surface area contributed by atoms with Crippen molar-refractivity contribution in [3.63, 3.8) is 0 Å². The van der Waals surface area contributed by atoms with Crippen molar-refractivity contribution in [2.24, 2.45) is 5.92 Å². The second-order valence-corrected chi connectivity index (χ2v) is 5.02. The van der Waals surface area contributed by atoms with Gasteiger partial charge in [0, 0.05) is 43.2 Å². The summed E-state index contributed by atoms with van der Waals surface area (Å²) in [6.45, 7) is 1.40. The van der Waals surface area contributed by atoms with Gasteiger partial charge in [-0.05, 0) is 23.6 Å². The Morgan fingerprint density at radius 1 is 1.50 bits per heavy atom. The Hall–Kier alpha value is -1.55. The van der Waals surface area contributed by atoms with Gasteiger partial charge in [0.05, 0.1) is 0 Å². The minimum absolute atomic E-state index is 0.196. The minimum atomic E-state index is 0.196. The zero-order chi connectivity index (χ0) is 12.5. The van der Waals surface area contributed by atoms with Crippen molar-refractivity contribution in [1.82, 2.24) is 14.9 Å². The maximum Gasteiger partial charge on any atom is 0.223 e. The number of hydrogen-bond donors (Lipinski definition) is 1. The lowest BCUT2D eigenvalue weighted by molar-refractivity contribution is -0.128. The van der Waals surface area contributed by atoms with Gasteiger partial charge in [0.25, 0.3) is 0 Å². The Balaban J connectivity index is 1.84. The molecule has 1 N–H and O–H groups in total. The van der Waals surface area contributed by atoms with Crippen LogP contribution in [0.15, 0.2) is 24.5 Å². The number of carbonyl (C=O) groups is 1. The van der Waals surface area contributed by atoms with Crippen LogP contribution in [0.5, 0.6) is 0 Å². The number of aromatic nitrogens is 2. The normalized spacial score (nSPS) is 19.9. The minimum Gasteiger partial charge on any atom is -0.346 e. The molecule has 2 aromatic heterocycles. The quantitative estimate of drug-likeness (QED) is 0.863. The number of amides is 1. The highest BCUT2D eigenvalue weighted by molar-refractivity contribution is 6.18. The first kappa shape index (κ1) is 11.5. The smallest absolute Gasteiger partial charge is 0.223 e. The van der Waals surface area contributed by atoms with E-state index in [9.17, 15) is 4.79 Å². The Kier molecular flexibility index (Phi) is 2.96. The summed E-state index contributed by atoms with van der Waals surface area (Å²) >= 11 is 5.83. The van der Waals surface area contributed by atoms with Gasteiger partial charge in [0.15, 0.2) is 0 Å². The lowest BCUT2D eigenvalue weighted by Crippen LogP contribution is -2.24. The van der Waals surface area contributed by atoms with E-state index in [1.54, 1.807) is 6.20 Å². The van der Waals surface area contributed by atoms with Crippen LogP contribution in [0.3, 0.4) is 0 Å². The highest BCUT2D eigenvalue weighted by Gasteiger charge is 2.29. The van der Waals surface area contributed by atoms with Gasteiger partial charge in [-0.15, -0.1) is 11.6 Å². The van der Waals surface area contributed by atoms with Gasteiger partial charge in [-0.1, -0.05) is 0 Å². The van der Waals surface area contributed by atoms with E-state index in [-0.39, 0.29) is 5.91 Å². The molecule has 94 valence electrons. The molecular weight excluding hydrogens is 250 g/mol. The van der Waals surface area contributed by atoms with Crippen molar-refractivity contribution in [2.75, 3.05) is 12.4 Å². The van der Waals surface area contributed by atoms with Gasteiger partial charge >= 0.3 is 0 Å². The fourth-order valence-corrected chi connectivity index (χ4v) is 2.68. The van der Waals surface area contributed by atoms with Crippen LogP contribution < -0.4 is 0 Å². The van der Waals surface area contributed by atoms with Gasteiger partial charge in [0.2, 0.25) is 5.91 Å². The number of hydrogen-bond acceptors (Lipinski definition) is 2. The Morgan fingerprint density at radius 3 is 3.17 bits per heavy atom. The van der Waals surface area contributed by atoms with E-state index in [1.165, 1.54) is 0 Å². The molecule has 4 nitrogen and oxygen atoms in total. The number of halogens is 1. The van der Waals surface area contributed by atoms with Gasteiger partial charge in [-0.3, -0.25) is 4.79 Å². The first-order valence-corrected chi connectivity index (χ1v) is 6.56. The molecule has 18 heavy (non-hydrogen) atoms. The highest BCUT2D eigenvalue weighted by atomic mass is 35.5. The molecule has 5 heteroatoms. The number of nitrogens with one attached hydrogen (secondary N) is 1. The lowest BCUT2D eigenvalue weighted by Gasteiger charge is -2.16. The topological polar surface area (TPSA) is 49.0 Å². The van der Waals surface area contributed by atoms with Gasteiger partial charge in [-0.2, -0.15) is 0 Å². The van der Waals surface area contributed by atoms with Crippen molar-refractivity contribution in [2.45, 2.75) is 13.0 Å². The molecule has 0 spiro atoms. The SMILES string of the molecule is O=C1CC(CCl)CN1Cc1ccnc2[nH]ccc12. The summed E-state index contributed by atoms with van der Waals surface area (Å²) in [6, 6.07) is 3.97. The molecule has 0 radical (unpaired) electrons. The Morgan fingerprint density at radius 2 is 2.39 bits per heavy atom. The van der Waals surface area contributed by atoms with Crippen molar-refractivity contribution >= 4 is 28.5 Å². The van der Waals surface area contributed by atoms with Crippen molar-refractivity contribution < 1.29 is 4.79 Å². The molecule has 2 aromatic rings. The Labute approximate surface area is 110 Å². The first-order valence-electron chi connectivity index (χ1n) is 6.02. The summed E-state index contributed by atoms with van der Waals surface area (Å²) in [5, 5.41) is 1.08. The molecule has 0 saturated carbocycles. The molecule has 3 heterocycles. The summed E-state index contributed by atoms with van der Waals surface area (Å²) in [6.07, 6.45) is 4.22. The van der Waals surface area contributed by atoms with E-state index in [2.05, 4.69) is 9.97 Å². The van der Waals surface area contributed by atoms with Crippen LogP contribution in [-0.2, 0) is 11.3 Å². The average molecular weight is 264 g/mol. The monoisotopic (exact) mass is 263 g/mol. The zero-order valence-corrected chi connectivity index (χ0v) is 10.7. The third-order valence-electron chi connectivity index (χ3n) is 3.42. The fourth-order valence-electron chi connectivity index (χ4n) is 2.47. The molecule has 1 unspecified atom stereocenters. The van der Waals surface area contributed by atoms with E-state index in [1.807, 2.05) is 23.2 Å². The molecule has 0 bridgehead atoms. The van der Waals surface area contributed by atoms with Crippen molar-refractivity contribution in [3.8, 4) is 0 Å². The fraction of sp³-hybridized carbons (Fsp3) is 0.385. The van der Waals surface area contributed by atoms with E-state index in [0.717, 1.165) is 23.1 Å². The third-order valence-corrected chi connectivity index (χ3v) is 3.86. The molecule has 3 rings (SSSR count). The van der Waals surface area contributed by atoms with Gasteiger partial charge in [0.1, 0.15) is 5.65 Å². The molecule has 1 amide bonds. The molecule has 1 aliphatic rings. The second kappa shape index (κ2) is 4.61. The van der Waals surface area contributed by atoms with Gasteiger partial charge < -0.3 is 9.88 Å². The summed E-state index contributed by atoms with van der Waals surface area (Å²) in [5.74, 6) is 1.04. The number of aromatic amines is 1. The molecule has 0 aromatic carbocycles. The number of nitrogens with zero attached hydrogens (tertiary/aromatic N) is 2. The summed E-state index contributed by atoms with van der Waals surface area (Å²) in [5.41, 5.74) is 2.00. The van der Waals surface area contributed by atoms with Crippen LogP contribution in [0.4, 0.5) is 0 Å². The summed E-state index contributed by atoms with van der Waals surface area (Å²) < 4.78 is 0. The predicted octanol–water partition coefficient (Wildman–Crippen LogP) is 2.15. The van der Waals surface area contributed by atoms with E-state index in [4.69, 9.17) is 11.6 Å². The number of carbonyl (C=O) groups excluding carboxylic acids is 1. The molecule has 0 aliphatic carbocycles. The summed E-state index contributed by atoms with van der Waals surface area (Å²) in [4.78, 5) is 21.1. The molecular formula is C13H14ClN3O. The number of likely N-dealkylation sites (tertiary alicyclic amines) is 1. The van der Waals surface area contributed by atoms with Crippen LogP contribution in [0.1, 0.15) is 12.0 Å².